The molecule has 0 spiro atoms. The molecule has 0 atom stereocenters. The van der Waals surface area contributed by atoms with Gasteiger partial charge in [0.1, 0.15) is 4.83 Å². The third-order valence-corrected chi connectivity index (χ3v) is 4.15. The van der Waals surface area contributed by atoms with E-state index in [4.69, 9.17) is 4.98 Å². The van der Waals surface area contributed by atoms with Crippen LogP contribution >= 0.6 is 11.3 Å². The van der Waals surface area contributed by atoms with Crippen LogP contribution in [0.5, 0.6) is 0 Å². The molecule has 80 valence electrons. The molecule has 0 bridgehead atoms. The molecule has 4 rings (SSSR count). The molecular formula is C15H9NS. The number of para-hydroxylation sites is 1. The van der Waals surface area contributed by atoms with Gasteiger partial charge in [-0.2, -0.15) is 0 Å². The minimum Gasteiger partial charge on any atom is -0.237 e. The summed E-state index contributed by atoms with van der Waals surface area (Å²) in [6, 6.07) is 19.0. The van der Waals surface area contributed by atoms with Crippen LogP contribution in [0.1, 0.15) is 0 Å². The first-order chi connectivity index (χ1) is 8.42. The molecule has 1 nitrogen and oxygen atoms in total. The third kappa shape index (κ3) is 1.28. The van der Waals surface area contributed by atoms with Gasteiger partial charge in [0.05, 0.1) is 5.52 Å². The van der Waals surface area contributed by atoms with Crippen molar-refractivity contribution in [1.29, 1.82) is 0 Å². The summed E-state index contributed by atoms with van der Waals surface area (Å²) in [6.07, 6.45) is 0. The smallest absolute Gasteiger partial charge is 0.125 e. The van der Waals surface area contributed by atoms with Crippen molar-refractivity contribution in [3.8, 4) is 0 Å². The Morgan fingerprint density at radius 2 is 1.65 bits per heavy atom. The lowest BCUT2D eigenvalue weighted by Crippen LogP contribution is -1.77. The van der Waals surface area contributed by atoms with Gasteiger partial charge in [-0.05, 0) is 18.2 Å². The second-order valence-corrected chi connectivity index (χ2v) is 5.16. The lowest BCUT2D eigenvalue weighted by molar-refractivity contribution is 1.54. The van der Waals surface area contributed by atoms with E-state index in [1.54, 1.807) is 11.3 Å². The van der Waals surface area contributed by atoms with E-state index >= 15 is 0 Å². The van der Waals surface area contributed by atoms with Gasteiger partial charge in [0, 0.05) is 20.9 Å². The van der Waals surface area contributed by atoms with Crippen molar-refractivity contribution in [1.82, 2.24) is 4.98 Å². The number of thiophene rings is 1. The molecule has 0 saturated heterocycles. The maximum Gasteiger partial charge on any atom is 0.125 e. The van der Waals surface area contributed by atoms with E-state index in [0.717, 1.165) is 10.3 Å². The monoisotopic (exact) mass is 235 g/mol. The summed E-state index contributed by atoms with van der Waals surface area (Å²) in [6.45, 7) is 0. The van der Waals surface area contributed by atoms with Crippen LogP contribution < -0.4 is 0 Å². The predicted octanol–water partition coefficient (Wildman–Crippen LogP) is 4.60. The van der Waals surface area contributed by atoms with Gasteiger partial charge in [0.2, 0.25) is 0 Å². The summed E-state index contributed by atoms with van der Waals surface area (Å²) >= 11 is 1.77. The molecular weight excluding hydrogens is 226 g/mol. The van der Waals surface area contributed by atoms with Crippen LogP contribution in [-0.2, 0) is 0 Å². The van der Waals surface area contributed by atoms with Gasteiger partial charge in [-0.25, -0.2) is 4.98 Å². The Morgan fingerprint density at radius 3 is 2.65 bits per heavy atom. The van der Waals surface area contributed by atoms with E-state index < -0.39 is 0 Å². The molecule has 0 unspecified atom stereocenters. The highest BCUT2D eigenvalue weighted by molar-refractivity contribution is 7.25. The summed E-state index contributed by atoms with van der Waals surface area (Å²) in [5.74, 6) is 0. The minimum atomic E-state index is 1.08. The predicted molar refractivity (Wildman–Crippen MR) is 74.6 cm³/mol. The number of pyridine rings is 1. The first-order valence-electron chi connectivity index (χ1n) is 5.59. The van der Waals surface area contributed by atoms with Crippen molar-refractivity contribution in [3.63, 3.8) is 0 Å². The molecule has 0 N–H and O–H groups in total. The lowest BCUT2D eigenvalue weighted by atomic mass is 10.1. The van der Waals surface area contributed by atoms with Crippen LogP contribution in [0.4, 0.5) is 0 Å². The van der Waals surface area contributed by atoms with E-state index in [1.807, 2.05) is 6.07 Å². The molecule has 2 heteroatoms. The van der Waals surface area contributed by atoms with Crippen LogP contribution in [0.15, 0.2) is 54.6 Å². The molecule has 2 aromatic heterocycles. The van der Waals surface area contributed by atoms with Crippen LogP contribution in [-0.4, -0.2) is 4.98 Å². The van der Waals surface area contributed by atoms with E-state index in [2.05, 4.69) is 48.5 Å². The van der Waals surface area contributed by atoms with Crippen molar-refractivity contribution >= 4 is 42.5 Å². The van der Waals surface area contributed by atoms with Gasteiger partial charge in [0.25, 0.3) is 0 Å². The van der Waals surface area contributed by atoms with Crippen LogP contribution in [0.2, 0.25) is 0 Å². The van der Waals surface area contributed by atoms with E-state index in [0.29, 0.717) is 0 Å². The van der Waals surface area contributed by atoms with E-state index in [9.17, 15) is 0 Å². The van der Waals surface area contributed by atoms with Crippen LogP contribution in [0, 0.1) is 0 Å². The first kappa shape index (κ1) is 9.14. The van der Waals surface area contributed by atoms with Crippen molar-refractivity contribution in [2.24, 2.45) is 0 Å². The van der Waals surface area contributed by atoms with E-state index in [1.165, 1.54) is 20.9 Å². The van der Waals surface area contributed by atoms with Gasteiger partial charge in [-0.3, -0.25) is 0 Å². The average molecular weight is 235 g/mol. The summed E-state index contributed by atoms with van der Waals surface area (Å²) < 4.78 is 1.31. The Bertz CT molecular complexity index is 839. The highest BCUT2D eigenvalue weighted by Gasteiger charge is 2.06. The van der Waals surface area contributed by atoms with Gasteiger partial charge in [-0.1, -0.05) is 36.4 Å². The Kier molecular flexibility index (Phi) is 1.76. The van der Waals surface area contributed by atoms with Gasteiger partial charge in [0.15, 0.2) is 0 Å². The largest absolute Gasteiger partial charge is 0.237 e. The molecule has 0 fully saturated rings. The normalized spacial score (nSPS) is 11.5. The summed E-state index contributed by atoms with van der Waals surface area (Å²) in [7, 11) is 0. The van der Waals surface area contributed by atoms with Crippen molar-refractivity contribution < 1.29 is 0 Å². The number of nitrogens with zero attached hydrogens (tertiary/aromatic N) is 1. The molecule has 17 heavy (non-hydrogen) atoms. The van der Waals surface area contributed by atoms with Gasteiger partial charge >= 0.3 is 0 Å². The summed E-state index contributed by atoms with van der Waals surface area (Å²) in [4.78, 5) is 5.86. The number of fused-ring (bicyclic) bond motifs is 4. The van der Waals surface area contributed by atoms with E-state index in [-0.39, 0.29) is 0 Å². The van der Waals surface area contributed by atoms with Crippen LogP contribution in [0.25, 0.3) is 31.2 Å². The molecule has 0 radical (unpaired) electrons. The molecule has 2 heterocycles. The highest BCUT2D eigenvalue weighted by Crippen LogP contribution is 2.34. The average Bonchev–Trinajstić information content (AvgIpc) is 2.73. The Hall–Kier alpha value is -1.93. The Morgan fingerprint density at radius 1 is 0.824 bits per heavy atom. The van der Waals surface area contributed by atoms with Gasteiger partial charge < -0.3 is 0 Å². The first-order valence-corrected chi connectivity index (χ1v) is 6.40. The molecule has 4 aromatic rings. The second kappa shape index (κ2) is 3.28. The van der Waals surface area contributed by atoms with Gasteiger partial charge in [-0.15, -0.1) is 11.3 Å². The fraction of sp³-hybridized carbons (Fsp3) is 0. The van der Waals surface area contributed by atoms with Crippen molar-refractivity contribution in [2.45, 2.75) is 0 Å². The molecule has 0 saturated carbocycles. The van der Waals surface area contributed by atoms with Crippen LogP contribution in [0.3, 0.4) is 0 Å². The zero-order valence-corrected chi connectivity index (χ0v) is 9.87. The zero-order chi connectivity index (χ0) is 11.2. The topological polar surface area (TPSA) is 12.9 Å². The fourth-order valence-corrected chi connectivity index (χ4v) is 3.32. The standard InChI is InChI=1S/C15H9NS/c1-3-7-13-10(5-1)9-12-11-6-2-4-8-14(11)17-15(12)16-13/h1-9H. The Balaban J connectivity index is 2.28. The number of aromatic nitrogens is 1. The number of hydrogen-bond donors (Lipinski definition) is 0. The number of benzene rings is 2. The summed E-state index contributed by atoms with van der Waals surface area (Å²) in [5.41, 5.74) is 1.08. The lowest BCUT2D eigenvalue weighted by Gasteiger charge is -1.96. The quantitative estimate of drug-likeness (QED) is 0.434. The molecule has 0 aliphatic rings. The number of hydrogen-bond acceptors (Lipinski definition) is 2. The minimum absolute atomic E-state index is 1.08. The SMILES string of the molecule is c1ccc2nc3sc4ccccc4c3cc2c1. The highest BCUT2D eigenvalue weighted by atomic mass is 32.1. The van der Waals surface area contributed by atoms with Crippen molar-refractivity contribution in [3.05, 3.63) is 54.6 Å². The summed E-state index contributed by atoms with van der Waals surface area (Å²) in [5, 5.41) is 3.79. The van der Waals surface area contributed by atoms with Crippen molar-refractivity contribution in [2.75, 3.05) is 0 Å². The fourth-order valence-electron chi connectivity index (χ4n) is 2.25. The maximum absolute atomic E-state index is 4.73. The number of rotatable bonds is 0. The molecule has 0 amide bonds. The second-order valence-electron chi connectivity index (χ2n) is 4.13. The Labute approximate surface area is 102 Å². The maximum atomic E-state index is 4.73. The third-order valence-electron chi connectivity index (χ3n) is 3.07. The molecule has 2 aromatic carbocycles. The molecule has 0 aliphatic carbocycles. The molecule has 0 aliphatic heterocycles. The zero-order valence-electron chi connectivity index (χ0n) is 9.05.